The summed E-state index contributed by atoms with van der Waals surface area (Å²) in [5.41, 5.74) is 5.24. The quantitative estimate of drug-likeness (QED) is 0.136. The van der Waals surface area contributed by atoms with Crippen molar-refractivity contribution in [1.82, 2.24) is 0 Å². The zero-order chi connectivity index (χ0) is 36.8. The molecule has 49 heavy (non-hydrogen) atoms. The van der Waals surface area contributed by atoms with Gasteiger partial charge in [-0.05, 0) is 129 Å². The molecular formula is C41H68O5SSi2. The highest BCUT2D eigenvalue weighted by atomic mass is 32.2. The van der Waals surface area contributed by atoms with Gasteiger partial charge in [0, 0.05) is 0 Å². The summed E-state index contributed by atoms with van der Waals surface area (Å²) in [5.74, 6) is 1.08. The lowest BCUT2D eigenvalue weighted by molar-refractivity contribution is 0.0760. The van der Waals surface area contributed by atoms with Crippen LogP contribution in [0.5, 0.6) is 0 Å². The lowest BCUT2D eigenvalue weighted by Crippen LogP contribution is -2.49. The van der Waals surface area contributed by atoms with E-state index in [9.17, 15) is 8.42 Å². The van der Waals surface area contributed by atoms with Gasteiger partial charge < -0.3 is 8.85 Å². The molecule has 0 heterocycles. The SMILES string of the molecule is C=C1[C@@H](O[Si](C)(C)C(C)(C)C)CC(=C/C=C2\CCC[C@]3(C)[C@@H](C(C)COS(=O)(=O)c4ccc(C)cc4)CC[C@@H]23)C[C@H]1O[Si](C)(C)C(C)(C)C. The Bertz CT molecular complexity index is 1470. The Labute approximate surface area is 302 Å². The Kier molecular flexibility index (Phi) is 12.1. The molecule has 1 aromatic rings. The van der Waals surface area contributed by atoms with E-state index in [0.29, 0.717) is 11.8 Å². The molecule has 276 valence electrons. The molecule has 0 aromatic heterocycles. The van der Waals surface area contributed by atoms with Crippen LogP contribution in [-0.2, 0) is 23.2 Å². The van der Waals surface area contributed by atoms with E-state index in [0.717, 1.165) is 43.2 Å². The highest BCUT2D eigenvalue weighted by Crippen LogP contribution is 2.59. The summed E-state index contributed by atoms with van der Waals surface area (Å²) < 4.78 is 45.8. The highest BCUT2D eigenvalue weighted by Gasteiger charge is 2.51. The Balaban J connectivity index is 1.54. The maximum Gasteiger partial charge on any atom is 0.296 e. The molecule has 8 heteroatoms. The molecule has 1 unspecified atom stereocenters. The van der Waals surface area contributed by atoms with Crippen molar-refractivity contribution in [3.8, 4) is 0 Å². The molecular weight excluding hydrogens is 661 g/mol. The number of fused-ring (bicyclic) bond motifs is 1. The van der Waals surface area contributed by atoms with Crippen molar-refractivity contribution in [3.63, 3.8) is 0 Å². The summed E-state index contributed by atoms with van der Waals surface area (Å²) in [4.78, 5) is 0.233. The first kappa shape index (κ1) is 40.5. The van der Waals surface area contributed by atoms with Crippen molar-refractivity contribution in [2.24, 2.45) is 23.2 Å². The molecule has 0 amide bonds. The molecule has 3 aliphatic carbocycles. The van der Waals surface area contributed by atoms with Crippen molar-refractivity contribution in [3.05, 3.63) is 65.3 Å². The van der Waals surface area contributed by atoms with E-state index in [1.807, 2.05) is 19.1 Å². The third-order valence-electron chi connectivity index (χ3n) is 13.3. The van der Waals surface area contributed by atoms with E-state index in [4.69, 9.17) is 13.0 Å². The maximum atomic E-state index is 13.0. The van der Waals surface area contributed by atoms with Crippen LogP contribution in [0.3, 0.4) is 0 Å². The summed E-state index contributed by atoms with van der Waals surface area (Å²) in [6.45, 7) is 34.6. The van der Waals surface area contributed by atoms with Gasteiger partial charge in [0.2, 0.25) is 0 Å². The molecule has 0 aliphatic heterocycles. The zero-order valence-electron chi connectivity index (χ0n) is 33.2. The van der Waals surface area contributed by atoms with Crippen LogP contribution in [0.1, 0.15) is 106 Å². The van der Waals surface area contributed by atoms with Gasteiger partial charge in [-0.2, -0.15) is 8.42 Å². The second kappa shape index (κ2) is 14.6. The fraction of sp³-hybridized carbons (Fsp3) is 0.707. The summed E-state index contributed by atoms with van der Waals surface area (Å²) in [6.07, 6.45) is 12.3. The van der Waals surface area contributed by atoms with Crippen LogP contribution in [0, 0.1) is 30.1 Å². The average molecular weight is 729 g/mol. The van der Waals surface area contributed by atoms with Crippen LogP contribution < -0.4 is 0 Å². The van der Waals surface area contributed by atoms with Crippen molar-refractivity contribution in [2.75, 3.05) is 6.61 Å². The van der Waals surface area contributed by atoms with Gasteiger partial charge in [0.1, 0.15) is 0 Å². The number of benzene rings is 1. The van der Waals surface area contributed by atoms with Gasteiger partial charge in [-0.1, -0.05) is 103 Å². The normalized spacial score (nSPS) is 29.8. The van der Waals surface area contributed by atoms with E-state index in [-0.39, 0.29) is 45.1 Å². The molecule has 5 nitrogen and oxygen atoms in total. The molecule has 1 aromatic carbocycles. The number of allylic oxidation sites excluding steroid dienone is 3. The third-order valence-corrected chi connectivity index (χ3v) is 23.5. The first-order chi connectivity index (χ1) is 22.4. The number of rotatable bonds is 10. The minimum atomic E-state index is -3.78. The van der Waals surface area contributed by atoms with Gasteiger partial charge in [-0.3, -0.25) is 4.18 Å². The van der Waals surface area contributed by atoms with E-state index in [1.54, 1.807) is 17.7 Å². The molecule has 3 aliphatic rings. The van der Waals surface area contributed by atoms with Crippen LogP contribution in [0.4, 0.5) is 0 Å². The minimum absolute atomic E-state index is 0.0291. The summed E-state index contributed by atoms with van der Waals surface area (Å²) >= 11 is 0. The predicted octanol–water partition coefficient (Wildman–Crippen LogP) is 11.5. The molecule has 3 saturated carbocycles. The van der Waals surface area contributed by atoms with Gasteiger partial charge in [-0.25, -0.2) is 0 Å². The molecule has 0 spiro atoms. The first-order valence-corrected chi connectivity index (χ1v) is 26.0. The largest absolute Gasteiger partial charge is 0.410 e. The van der Waals surface area contributed by atoms with Crippen LogP contribution in [0.2, 0.25) is 36.3 Å². The topological polar surface area (TPSA) is 61.8 Å². The van der Waals surface area contributed by atoms with Crippen LogP contribution in [0.25, 0.3) is 0 Å². The van der Waals surface area contributed by atoms with Gasteiger partial charge in [0.15, 0.2) is 16.6 Å². The minimum Gasteiger partial charge on any atom is -0.410 e. The number of hydrogen-bond donors (Lipinski definition) is 0. The van der Waals surface area contributed by atoms with Crippen LogP contribution >= 0.6 is 0 Å². The lowest BCUT2D eigenvalue weighted by Gasteiger charge is -2.46. The smallest absolute Gasteiger partial charge is 0.296 e. The Morgan fingerprint density at radius 3 is 1.96 bits per heavy atom. The lowest BCUT2D eigenvalue weighted by atomic mass is 9.61. The van der Waals surface area contributed by atoms with Gasteiger partial charge in [-0.15, -0.1) is 0 Å². The van der Waals surface area contributed by atoms with E-state index < -0.39 is 26.8 Å². The van der Waals surface area contributed by atoms with Crippen molar-refractivity contribution in [1.29, 1.82) is 0 Å². The van der Waals surface area contributed by atoms with Crippen molar-refractivity contribution in [2.45, 2.75) is 161 Å². The zero-order valence-corrected chi connectivity index (χ0v) is 36.0. The average Bonchev–Trinajstić information content (AvgIpc) is 3.33. The third kappa shape index (κ3) is 9.02. The molecule has 0 radical (unpaired) electrons. The van der Waals surface area contributed by atoms with Crippen LogP contribution in [0.15, 0.2) is 64.6 Å². The van der Waals surface area contributed by atoms with E-state index in [1.165, 1.54) is 18.4 Å². The molecule has 0 saturated heterocycles. The van der Waals surface area contributed by atoms with E-state index >= 15 is 0 Å². The van der Waals surface area contributed by atoms with Gasteiger partial charge in [0.25, 0.3) is 10.1 Å². The monoisotopic (exact) mass is 728 g/mol. The first-order valence-electron chi connectivity index (χ1n) is 18.8. The molecule has 6 atom stereocenters. The summed E-state index contributed by atoms with van der Waals surface area (Å²) in [7, 11) is -7.83. The van der Waals surface area contributed by atoms with Crippen molar-refractivity contribution >= 4 is 26.8 Å². The Hall–Kier alpha value is -1.30. The Morgan fingerprint density at radius 2 is 1.45 bits per heavy atom. The molecule has 0 N–H and O–H groups in total. The second-order valence-corrected chi connectivity index (χ2v) is 30.0. The number of hydrogen-bond acceptors (Lipinski definition) is 5. The summed E-state index contributed by atoms with van der Waals surface area (Å²) in [5, 5.41) is 0.232. The summed E-state index contributed by atoms with van der Waals surface area (Å²) in [6, 6.07) is 6.92. The highest BCUT2D eigenvalue weighted by molar-refractivity contribution is 7.86. The molecule has 0 bridgehead atoms. The predicted molar refractivity (Wildman–Crippen MR) is 210 cm³/mol. The standard InChI is InChI=1S/C41H68O5SSi2/c1-29-17-21-34(22-18-29)47(42,43)44-28-30(2)35-23-24-36-33(16-15-25-41(35,36)10)20-19-32-26-37(45-48(11,12)39(4,5)6)31(3)38(27-32)46-49(13,14)40(7,8)9/h17-22,30,35-38H,3,15-16,23-28H2,1-2,4-14H3/b32-19?,33-20+/t30?,35-,36+,37-,38+,41-/m1/s1. The van der Waals surface area contributed by atoms with Gasteiger partial charge >= 0.3 is 0 Å². The van der Waals surface area contributed by atoms with Crippen molar-refractivity contribution < 1.29 is 21.5 Å². The fourth-order valence-corrected chi connectivity index (χ4v) is 11.6. The Morgan fingerprint density at radius 1 is 0.918 bits per heavy atom. The number of aryl methyl sites for hydroxylation is 1. The van der Waals surface area contributed by atoms with E-state index in [2.05, 4.69) is 100 Å². The second-order valence-electron chi connectivity index (χ2n) is 18.9. The fourth-order valence-electron chi connectivity index (χ4n) is 7.99. The van der Waals surface area contributed by atoms with Gasteiger partial charge in [0.05, 0.1) is 23.7 Å². The molecule has 4 rings (SSSR count). The molecule has 3 fully saturated rings. The maximum absolute atomic E-state index is 13.0. The van der Waals surface area contributed by atoms with Crippen LogP contribution in [-0.4, -0.2) is 43.9 Å².